The van der Waals surface area contributed by atoms with Crippen molar-refractivity contribution in [2.75, 3.05) is 0 Å². The first-order chi connectivity index (χ1) is 8.91. The van der Waals surface area contributed by atoms with Gasteiger partial charge in [0.1, 0.15) is 0 Å². The van der Waals surface area contributed by atoms with Crippen molar-refractivity contribution in [3.63, 3.8) is 0 Å². The van der Waals surface area contributed by atoms with Crippen LogP contribution in [0.2, 0.25) is 0 Å². The Morgan fingerprint density at radius 1 is 1.37 bits per heavy atom. The minimum absolute atomic E-state index is 0.0600. The molecule has 0 spiro atoms. The molecule has 19 heavy (non-hydrogen) atoms. The Hall–Kier alpha value is -1.90. The van der Waals surface area contributed by atoms with Gasteiger partial charge in [0, 0.05) is 18.2 Å². The van der Waals surface area contributed by atoms with Gasteiger partial charge in [0.15, 0.2) is 5.78 Å². The van der Waals surface area contributed by atoms with Crippen LogP contribution in [0.4, 0.5) is 0 Å². The minimum atomic E-state index is -0.132. The first-order valence-electron chi connectivity index (χ1n) is 6.51. The van der Waals surface area contributed by atoms with E-state index in [0.717, 1.165) is 5.70 Å². The molecule has 102 valence electrons. The van der Waals surface area contributed by atoms with E-state index in [1.54, 1.807) is 19.9 Å². The molecule has 3 nitrogen and oxygen atoms in total. The summed E-state index contributed by atoms with van der Waals surface area (Å²) in [5.41, 5.74) is 3.35. The van der Waals surface area contributed by atoms with Gasteiger partial charge in [-0.3, -0.25) is 10.2 Å². The molecule has 0 aliphatic rings. The highest BCUT2D eigenvalue weighted by atomic mass is 16.1. The Morgan fingerprint density at radius 3 is 2.58 bits per heavy atom. The van der Waals surface area contributed by atoms with E-state index in [0.29, 0.717) is 6.54 Å². The van der Waals surface area contributed by atoms with Crippen LogP contribution < -0.4 is 5.32 Å². The molecule has 1 aromatic carbocycles. The Morgan fingerprint density at radius 2 is 2.00 bits per heavy atom. The first-order valence-corrected chi connectivity index (χ1v) is 6.51. The van der Waals surface area contributed by atoms with Crippen LogP contribution in [-0.4, -0.2) is 11.5 Å². The van der Waals surface area contributed by atoms with E-state index < -0.39 is 0 Å². The van der Waals surface area contributed by atoms with E-state index in [1.165, 1.54) is 11.1 Å². The van der Waals surface area contributed by atoms with E-state index in [1.807, 2.05) is 19.1 Å². The summed E-state index contributed by atoms with van der Waals surface area (Å²) in [6.07, 6.45) is 1.60. The summed E-state index contributed by atoms with van der Waals surface area (Å²) in [4.78, 5) is 11.6. The Bertz CT molecular complexity index is 501. The molecule has 0 saturated heterocycles. The molecule has 0 aliphatic carbocycles. The largest absolute Gasteiger partial charge is 0.384 e. The molecule has 0 bridgehead atoms. The van der Waals surface area contributed by atoms with Crippen LogP contribution in [0.3, 0.4) is 0 Å². The molecule has 0 amide bonds. The van der Waals surface area contributed by atoms with Crippen LogP contribution in [0.5, 0.6) is 0 Å². The van der Waals surface area contributed by atoms with E-state index in [9.17, 15) is 4.79 Å². The van der Waals surface area contributed by atoms with Gasteiger partial charge in [0.05, 0.1) is 5.71 Å². The van der Waals surface area contributed by atoms with Gasteiger partial charge in [-0.25, -0.2) is 0 Å². The van der Waals surface area contributed by atoms with E-state index >= 15 is 0 Å². The third-order valence-electron chi connectivity index (χ3n) is 2.97. The van der Waals surface area contributed by atoms with Crippen molar-refractivity contribution in [1.82, 2.24) is 5.32 Å². The summed E-state index contributed by atoms with van der Waals surface area (Å²) in [6.45, 7) is 8.26. The van der Waals surface area contributed by atoms with Crippen molar-refractivity contribution in [3.05, 3.63) is 47.2 Å². The van der Waals surface area contributed by atoms with E-state index in [-0.39, 0.29) is 17.4 Å². The van der Waals surface area contributed by atoms with Gasteiger partial charge in [-0.05, 0) is 31.1 Å². The molecule has 1 aromatic rings. The van der Waals surface area contributed by atoms with Crippen LogP contribution >= 0.6 is 0 Å². The number of ketones is 1. The maximum absolute atomic E-state index is 11.6. The van der Waals surface area contributed by atoms with Crippen molar-refractivity contribution >= 4 is 11.5 Å². The van der Waals surface area contributed by atoms with Crippen molar-refractivity contribution < 1.29 is 4.79 Å². The van der Waals surface area contributed by atoms with E-state index in [4.69, 9.17) is 5.41 Å². The predicted molar refractivity (Wildman–Crippen MR) is 79.3 cm³/mol. The molecule has 0 fully saturated rings. The highest BCUT2D eigenvalue weighted by molar-refractivity contribution is 6.43. The molecule has 3 heteroatoms. The lowest BCUT2D eigenvalue weighted by Gasteiger charge is -2.10. The number of allylic oxidation sites excluding steroid dienone is 2. The number of rotatable bonds is 6. The zero-order valence-corrected chi connectivity index (χ0v) is 12.1. The second kappa shape index (κ2) is 6.88. The average Bonchev–Trinajstić information content (AvgIpc) is 2.36. The minimum Gasteiger partial charge on any atom is -0.384 e. The normalized spacial score (nSPS) is 11.5. The zero-order valence-electron chi connectivity index (χ0n) is 12.1. The Labute approximate surface area is 115 Å². The topological polar surface area (TPSA) is 53.0 Å². The highest BCUT2D eigenvalue weighted by Gasteiger charge is 2.11. The summed E-state index contributed by atoms with van der Waals surface area (Å²) < 4.78 is 0. The van der Waals surface area contributed by atoms with Gasteiger partial charge >= 0.3 is 0 Å². The van der Waals surface area contributed by atoms with Gasteiger partial charge < -0.3 is 5.32 Å². The third kappa shape index (κ3) is 4.70. The smallest absolute Gasteiger partial charge is 0.183 e. The fourth-order valence-corrected chi connectivity index (χ4v) is 1.69. The lowest BCUT2D eigenvalue weighted by Crippen LogP contribution is -2.19. The fraction of sp³-hybridized carbons (Fsp3) is 0.375. The summed E-state index contributed by atoms with van der Waals surface area (Å²) in [6, 6.07) is 8.16. The number of Topliss-reactive ketones (excluding diaryl/α,β-unsaturated/α-hetero) is 1. The second-order valence-electron chi connectivity index (χ2n) is 5.04. The predicted octanol–water partition coefficient (Wildman–Crippen LogP) is 3.23. The number of hydrogen-bond donors (Lipinski definition) is 2. The molecule has 2 N–H and O–H groups in total. The number of carbonyl (C=O) groups is 1. The molecule has 0 heterocycles. The number of benzene rings is 1. The standard InChI is InChI=1S/C16H22N2O/c1-11(2)16(19)15(17)9-13(4)18-10-14-8-6-5-7-12(14)3/h5-9,11,17-18H,10H2,1-4H3/b13-9-,17-15?. The second-order valence-corrected chi connectivity index (χ2v) is 5.04. The average molecular weight is 258 g/mol. The molecule has 0 aromatic heterocycles. The first kappa shape index (κ1) is 15.2. The maximum atomic E-state index is 11.6. The quantitative estimate of drug-likeness (QED) is 0.770. The number of aryl methyl sites for hydroxylation is 1. The monoisotopic (exact) mass is 258 g/mol. The summed E-state index contributed by atoms with van der Waals surface area (Å²) in [5.74, 6) is -0.259. The zero-order chi connectivity index (χ0) is 14.4. The van der Waals surface area contributed by atoms with Gasteiger partial charge in [0.2, 0.25) is 0 Å². The van der Waals surface area contributed by atoms with Crippen molar-refractivity contribution in [1.29, 1.82) is 5.41 Å². The molecule has 0 atom stereocenters. The molecule has 0 aliphatic heterocycles. The third-order valence-corrected chi connectivity index (χ3v) is 2.97. The molecular formula is C16H22N2O. The molecule has 0 saturated carbocycles. The maximum Gasteiger partial charge on any atom is 0.183 e. The van der Waals surface area contributed by atoms with Gasteiger partial charge in [-0.15, -0.1) is 0 Å². The Kier molecular flexibility index (Phi) is 5.49. The fourth-order valence-electron chi connectivity index (χ4n) is 1.69. The van der Waals surface area contributed by atoms with Crippen LogP contribution in [0.15, 0.2) is 36.0 Å². The molecular weight excluding hydrogens is 236 g/mol. The molecule has 1 rings (SSSR count). The van der Waals surface area contributed by atoms with Crippen LogP contribution in [0.1, 0.15) is 31.9 Å². The molecule has 0 unspecified atom stereocenters. The van der Waals surface area contributed by atoms with E-state index in [2.05, 4.69) is 24.4 Å². The molecule has 0 radical (unpaired) electrons. The number of hydrogen-bond acceptors (Lipinski definition) is 3. The van der Waals surface area contributed by atoms with Crippen LogP contribution in [-0.2, 0) is 11.3 Å². The van der Waals surface area contributed by atoms with Gasteiger partial charge in [-0.2, -0.15) is 0 Å². The Balaban J connectivity index is 2.61. The highest BCUT2D eigenvalue weighted by Crippen LogP contribution is 2.07. The lowest BCUT2D eigenvalue weighted by atomic mass is 10.0. The SMILES string of the molecule is C/C(=C/C(=N)C(=O)C(C)C)NCc1ccccc1C. The summed E-state index contributed by atoms with van der Waals surface area (Å²) in [7, 11) is 0. The number of nitrogens with one attached hydrogen (secondary N) is 2. The lowest BCUT2D eigenvalue weighted by molar-refractivity contribution is -0.115. The van der Waals surface area contributed by atoms with Crippen molar-refractivity contribution in [2.45, 2.75) is 34.2 Å². The van der Waals surface area contributed by atoms with Crippen LogP contribution in [0.25, 0.3) is 0 Å². The van der Waals surface area contributed by atoms with Crippen molar-refractivity contribution in [2.24, 2.45) is 5.92 Å². The number of carbonyl (C=O) groups excluding carboxylic acids is 1. The van der Waals surface area contributed by atoms with Crippen molar-refractivity contribution in [3.8, 4) is 0 Å². The van der Waals surface area contributed by atoms with Crippen LogP contribution in [0, 0.1) is 18.3 Å². The summed E-state index contributed by atoms with van der Waals surface area (Å²) in [5, 5.41) is 10.9. The van der Waals surface area contributed by atoms with Gasteiger partial charge in [0.25, 0.3) is 0 Å². The summed E-state index contributed by atoms with van der Waals surface area (Å²) >= 11 is 0. The van der Waals surface area contributed by atoms with Gasteiger partial charge in [-0.1, -0.05) is 38.1 Å².